The van der Waals surface area contributed by atoms with Crippen LogP contribution >= 0.6 is 23.2 Å². The molecule has 0 bridgehead atoms. The van der Waals surface area contributed by atoms with Crippen LogP contribution in [0.2, 0.25) is 5.02 Å². The van der Waals surface area contributed by atoms with Crippen LogP contribution in [0.25, 0.3) is 0 Å². The van der Waals surface area contributed by atoms with Gasteiger partial charge in [0.2, 0.25) is 10.0 Å². The Morgan fingerprint density at radius 2 is 2.00 bits per heavy atom. The second-order valence-corrected chi connectivity index (χ2v) is 7.75. The van der Waals surface area contributed by atoms with Crippen LogP contribution < -0.4 is 4.74 Å². The van der Waals surface area contributed by atoms with E-state index in [1.54, 1.807) is 13.1 Å². The molecule has 1 aromatic rings. The normalized spacial score (nSPS) is 13.5. The molecule has 21 heavy (non-hydrogen) atoms. The maximum Gasteiger partial charge on any atom is 0.246 e. The maximum atomic E-state index is 12.7. The summed E-state index contributed by atoms with van der Waals surface area (Å²) in [5, 5.41) is 0.321. The Kier molecular flexibility index (Phi) is 6.78. The van der Waals surface area contributed by atoms with Gasteiger partial charge in [-0.05, 0) is 18.1 Å². The third-order valence-corrected chi connectivity index (χ3v) is 5.73. The zero-order chi connectivity index (χ0) is 16.2. The lowest BCUT2D eigenvalue weighted by Crippen LogP contribution is -2.31. The molecule has 1 rings (SSSR count). The summed E-state index contributed by atoms with van der Waals surface area (Å²) in [6.07, 6.45) is 0.902. The number of nitrogens with zero attached hydrogens (tertiary/aromatic N) is 1. The van der Waals surface area contributed by atoms with E-state index in [2.05, 4.69) is 0 Å². The van der Waals surface area contributed by atoms with Crippen molar-refractivity contribution in [3.05, 3.63) is 22.7 Å². The van der Waals surface area contributed by atoms with Crippen LogP contribution in [0.15, 0.2) is 17.0 Å². The van der Waals surface area contributed by atoms with Crippen LogP contribution in [0.3, 0.4) is 0 Å². The molecule has 4 nitrogen and oxygen atoms in total. The predicted octanol–water partition coefficient (Wildman–Crippen LogP) is 3.75. The van der Waals surface area contributed by atoms with Crippen LogP contribution in [0.1, 0.15) is 25.8 Å². The quantitative estimate of drug-likeness (QED) is 0.701. The molecule has 0 aliphatic heterocycles. The molecule has 0 aliphatic rings. The average Bonchev–Trinajstić information content (AvgIpc) is 2.45. The first-order valence-electron chi connectivity index (χ1n) is 6.66. The van der Waals surface area contributed by atoms with E-state index < -0.39 is 10.0 Å². The fraction of sp³-hybridized carbons (Fsp3) is 0.571. The van der Waals surface area contributed by atoms with E-state index in [-0.39, 0.29) is 22.4 Å². The maximum absolute atomic E-state index is 12.7. The summed E-state index contributed by atoms with van der Waals surface area (Å²) in [7, 11) is -0.695. The van der Waals surface area contributed by atoms with Crippen LogP contribution in [0.5, 0.6) is 5.75 Å². The van der Waals surface area contributed by atoms with Crippen molar-refractivity contribution in [3.63, 3.8) is 0 Å². The molecule has 0 amide bonds. The second kappa shape index (κ2) is 7.68. The molecule has 0 heterocycles. The summed E-state index contributed by atoms with van der Waals surface area (Å²) in [4.78, 5) is 0.0546. The van der Waals surface area contributed by atoms with E-state index in [0.29, 0.717) is 17.1 Å². The first kappa shape index (κ1) is 18.6. The largest absolute Gasteiger partial charge is 0.495 e. The molecule has 1 atom stereocenters. The van der Waals surface area contributed by atoms with Gasteiger partial charge in [-0.3, -0.25) is 0 Å². The van der Waals surface area contributed by atoms with Crippen molar-refractivity contribution in [2.45, 2.75) is 31.0 Å². The number of ether oxygens (including phenoxy) is 1. The van der Waals surface area contributed by atoms with E-state index in [1.807, 2.05) is 13.8 Å². The Hall–Kier alpha value is -0.490. The van der Waals surface area contributed by atoms with E-state index in [1.165, 1.54) is 17.5 Å². The van der Waals surface area contributed by atoms with Crippen molar-refractivity contribution >= 4 is 33.2 Å². The van der Waals surface area contributed by atoms with Gasteiger partial charge in [0.15, 0.2) is 0 Å². The SMILES string of the molecule is CCC(C)CN(C)S(=O)(=O)c1cc(Cl)cc(CCl)c1OC. The van der Waals surface area contributed by atoms with Crippen molar-refractivity contribution in [3.8, 4) is 5.75 Å². The smallest absolute Gasteiger partial charge is 0.246 e. The van der Waals surface area contributed by atoms with Crippen molar-refractivity contribution in [2.75, 3.05) is 20.7 Å². The third kappa shape index (κ3) is 4.25. The number of sulfonamides is 1. The highest BCUT2D eigenvalue weighted by Gasteiger charge is 2.27. The zero-order valence-corrected chi connectivity index (χ0v) is 15.0. The highest BCUT2D eigenvalue weighted by atomic mass is 35.5. The van der Waals surface area contributed by atoms with E-state index in [9.17, 15) is 8.42 Å². The third-order valence-electron chi connectivity index (χ3n) is 3.40. The molecular formula is C14H21Cl2NO3S. The van der Waals surface area contributed by atoms with Crippen LogP contribution in [-0.4, -0.2) is 33.4 Å². The molecule has 0 fully saturated rings. The van der Waals surface area contributed by atoms with Crippen molar-refractivity contribution in [1.29, 1.82) is 0 Å². The van der Waals surface area contributed by atoms with Gasteiger partial charge in [-0.1, -0.05) is 31.9 Å². The minimum Gasteiger partial charge on any atom is -0.495 e. The monoisotopic (exact) mass is 353 g/mol. The number of hydrogen-bond acceptors (Lipinski definition) is 3. The van der Waals surface area contributed by atoms with Crippen molar-refractivity contribution in [1.82, 2.24) is 4.31 Å². The Morgan fingerprint density at radius 1 is 1.38 bits per heavy atom. The Morgan fingerprint density at radius 3 is 2.48 bits per heavy atom. The van der Waals surface area contributed by atoms with Gasteiger partial charge in [-0.25, -0.2) is 12.7 Å². The summed E-state index contributed by atoms with van der Waals surface area (Å²) >= 11 is 11.8. The van der Waals surface area contributed by atoms with E-state index >= 15 is 0 Å². The molecule has 0 N–H and O–H groups in total. The van der Waals surface area contributed by atoms with Gasteiger partial charge in [-0.15, -0.1) is 11.6 Å². The first-order valence-corrected chi connectivity index (χ1v) is 9.01. The minimum absolute atomic E-state index is 0.0546. The number of alkyl halides is 1. The molecule has 1 unspecified atom stereocenters. The van der Waals surface area contributed by atoms with Crippen LogP contribution in [0.4, 0.5) is 0 Å². The molecular weight excluding hydrogens is 333 g/mol. The lowest BCUT2D eigenvalue weighted by Gasteiger charge is -2.22. The van der Waals surface area contributed by atoms with Crippen molar-refractivity contribution in [2.24, 2.45) is 5.92 Å². The summed E-state index contributed by atoms with van der Waals surface area (Å²) in [6.45, 7) is 4.47. The molecule has 0 aliphatic carbocycles. The van der Waals surface area contributed by atoms with Gasteiger partial charge < -0.3 is 4.74 Å². The Balaban J connectivity index is 3.33. The lowest BCUT2D eigenvalue weighted by atomic mass is 10.1. The van der Waals surface area contributed by atoms with Gasteiger partial charge in [-0.2, -0.15) is 0 Å². The molecule has 0 saturated heterocycles. The topological polar surface area (TPSA) is 46.6 Å². The average molecular weight is 354 g/mol. The molecule has 0 radical (unpaired) electrons. The number of hydrogen-bond donors (Lipinski definition) is 0. The first-order chi connectivity index (χ1) is 9.77. The summed E-state index contributed by atoms with van der Waals surface area (Å²) in [5.41, 5.74) is 0.558. The van der Waals surface area contributed by atoms with Crippen LogP contribution in [0, 0.1) is 5.92 Å². The fourth-order valence-corrected chi connectivity index (χ4v) is 3.99. The molecule has 7 heteroatoms. The van der Waals surface area contributed by atoms with Gasteiger partial charge in [0.1, 0.15) is 10.6 Å². The molecule has 0 saturated carbocycles. The molecule has 1 aromatic carbocycles. The summed E-state index contributed by atoms with van der Waals surface area (Å²) in [5.74, 6) is 0.647. The highest BCUT2D eigenvalue weighted by Crippen LogP contribution is 2.34. The molecule has 0 spiro atoms. The number of methoxy groups -OCH3 is 1. The Bertz CT molecular complexity index is 590. The predicted molar refractivity (Wildman–Crippen MR) is 86.8 cm³/mol. The second-order valence-electron chi connectivity index (χ2n) is 5.03. The number of halogens is 2. The van der Waals surface area contributed by atoms with Gasteiger partial charge >= 0.3 is 0 Å². The van der Waals surface area contributed by atoms with E-state index in [0.717, 1.165) is 6.42 Å². The molecule has 120 valence electrons. The van der Waals surface area contributed by atoms with Crippen molar-refractivity contribution < 1.29 is 13.2 Å². The Labute approximate surface area is 137 Å². The summed E-state index contributed by atoms with van der Waals surface area (Å²) < 4.78 is 32.0. The van der Waals surface area contributed by atoms with Gasteiger partial charge in [0.25, 0.3) is 0 Å². The molecule has 0 aromatic heterocycles. The van der Waals surface area contributed by atoms with E-state index in [4.69, 9.17) is 27.9 Å². The highest BCUT2D eigenvalue weighted by molar-refractivity contribution is 7.89. The number of benzene rings is 1. The minimum atomic E-state index is -3.68. The van der Waals surface area contributed by atoms with Gasteiger partial charge in [0.05, 0.1) is 13.0 Å². The standard InChI is InChI=1S/C14H21Cl2NO3S/c1-5-10(2)9-17(3)21(18,19)13-7-12(16)6-11(8-15)14(13)20-4/h6-7,10H,5,8-9H2,1-4H3. The lowest BCUT2D eigenvalue weighted by molar-refractivity contribution is 0.380. The van der Waals surface area contributed by atoms with Crippen LogP contribution in [-0.2, 0) is 15.9 Å². The zero-order valence-electron chi connectivity index (χ0n) is 12.7. The fourth-order valence-electron chi connectivity index (χ4n) is 1.98. The number of rotatable bonds is 7. The van der Waals surface area contributed by atoms with Gasteiger partial charge in [0, 0.05) is 24.2 Å². The summed E-state index contributed by atoms with van der Waals surface area (Å²) in [6, 6.07) is 3.01.